The Morgan fingerprint density at radius 3 is 2.00 bits per heavy atom. The molecule has 8 N–H and O–H groups in total. The van der Waals surface area contributed by atoms with Crippen LogP contribution in [0.5, 0.6) is 0 Å². The molecule has 48 heavy (non-hydrogen) atoms. The Morgan fingerprint density at radius 1 is 0.854 bits per heavy atom. The Kier molecular flexibility index (Phi) is 16.2. The van der Waals surface area contributed by atoms with Gasteiger partial charge in [-0.3, -0.25) is 24.0 Å². The molecule has 13 nitrogen and oxygen atoms in total. The summed E-state index contributed by atoms with van der Waals surface area (Å²) < 4.78 is 0. The van der Waals surface area contributed by atoms with Gasteiger partial charge in [0.1, 0.15) is 18.1 Å². The normalized spacial score (nSPS) is 15.8. The maximum Gasteiger partial charge on any atom is 0.243 e. The highest BCUT2D eigenvalue weighted by Gasteiger charge is 2.35. The van der Waals surface area contributed by atoms with Gasteiger partial charge in [-0.05, 0) is 36.2 Å². The molecule has 0 aliphatic heterocycles. The number of aliphatic hydroxyl groups is 1. The SMILES string of the molecule is CC[C@H](C)[C@H](NC(=O)[C@@H](CC(O)[C@H](CC(C)C)NC(=O)[C@H](Cc1cnc[nH]1)NC(=O)[C@H](Cc1ccccc1)NC(C)=O)C(C)C)C(N)=O. The number of benzene rings is 1. The van der Waals surface area contributed by atoms with E-state index in [0.29, 0.717) is 18.5 Å². The van der Waals surface area contributed by atoms with Crippen LogP contribution in [-0.4, -0.2) is 74.9 Å². The van der Waals surface area contributed by atoms with E-state index in [1.807, 2.05) is 71.9 Å². The molecule has 0 radical (unpaired) electrons. The number of carbonyl (C=O) groups is 5. The lowest BCUT2D eigenvalue weighted by Gasteiger charge is -2.32. The highest BCUT2D eigenvalue weighted by molar-refractivity contribution is 5.92. The summed E-state index contributed by atoms with van der Waals surface area (Å²) >= 11 is 0. The van der Waals surface area contributed by atoms with E-state index in [2.05, 4.69) is 31.2 Å². The van der Waals surface area contributed by atoms with Gasteiger partial charge in [-0.15, -0.1) is 0 Å². The molecule has 2 rings (SSSR count). The van der Waals surface area contributed by atoms with Gasteiger partial charge >= 0.3 is 0 Å². The van der Waals surface area contributed by atoms with Crippen molar-refractivity contribution in [3.05, 3.63) is 54.1 Å². The number of hydrogen-bond acceptors (Lipinski definition) is 7. The highest BCUT2D eigenvalue weighted by atomic mass is 16.3. The zero-order chi connectivity index (χ0) is 36.0. The zero-order valence-corrected chi connectivity index (χ0v) is 29.3. The number of primary amides is 1. The smallest absolute Gasteiger partial charge is 0.243 e. The van der Waals surface area contributed by atoms with Crippen LogP contribution in [0, 0.1) is 23.7 Å². The third-order valence-electron chi connectivity index (χ3n) is 8.56. The van der Waals surface area contributed by atoms with Crippen LogP contribution in [0.25, 0.3) is 0 Å². The molecule has 1 heterocycles. The second kappa shape index (κ2) is 19.5. The number of carbonyl (C=O) groups excluding carboxylic acids is 5. The number of nitrogens with zero attached hydrogens (tertiary/aromatic N) is 1. The molecule has 13 heteroatoms. The summed E-state index contributed by atoms with van der Waals surface area (Å²) in [6.07, 6.45) is 3.22. The van der Waals surface area contributed by atoms with E-state index in [1.165, 1.54) is 13.3 Å². The van der Waals surface area contributed by atoms with Crippen LogP contribution in [0.4, 0.5) is 0 Å². The molecular weight excluding hydrogens is 614 g/mol. The van der Waals surface area contributed by atoms with Crippen LogP contribution in [0.3, 0.4) is 0 Å². The maximum absolute atomic E-state index is 13.9. The molecule has 1 unspecified atom stereocenters. The summed E-state index contributed by atoms with van der Waals surface area (Å²) in [6, 6.07) is 5.59. The predicted molar refractivity (Wildman–Crippen MR) is 183 cm³/mol. The number of hydrogen-bond donors (Lipinski definition) is 7. The van der Waals surface area contributed by atoms with Crippen molar-refractivity contribution >= 4 is 29.5 Å². The van der Waals surface area contributed by atoms with E-state index < -0.39 is 65.7 Å². The summed E-state index contributed by atoms with van der Waals surface area (Å²) in [4.78, 5) is 71.9. The molecule has 0 aliphatic rings. The standard InChI is InChI=1S/C35H55N7O6/c1-8-22(6)31(32(36)45)42-33(46)26(21(4)5)17-30(44)27(14-20(2)3)40-35(48)29(16-25-18-37-19-38-25)41-34(47)28(39-23(7)43)15-24-12-10-9-11-13-24/h9-13,18-22,26-31,44H,8,14-17H2,1-7H3,(H2,36,45)(H,37,38)(H,39,43)(H,40,48)(H,41,47)(H,42,46)/t22-,26-,27-,28-,29-,30?,31-/m0/s1. The van der Waals surface area contributed by atoms with Gasteiger partial charge in [0.15, 0.2) is 0 Å². The summed E-state index contributed by atoms with van der Waals surface area (Å²) in [5, 5.41) is 22.7. The van der Waals surface area contributed by atoms with Crippen LogP contribution in [0.1, 0.15) is 79.0 Å². The van der Waals surface area contributed by atoms with E-state index in [1.54, 1.807) is 6.20 Å². The highest BCUT2D eigenvalue weighted by Crippen LogP contribution is 2.23. The molecule has 0 saturated heterocycles. The van der Waals surface area contributed by atoms with E-state index in [9.17, 15) is 29.1 Å². The first-order valence-corrected chi connectivity index (χ1v) is 16.8. The first kappa shape index (κ1) is 39.9. The number of aliphatic hydroxyl groups excluding tert-OH is 1. The molecule has 2 aromatic rings. The number of amides is 5. The summed E-state index contributed by atoms with van der Waals surface area (Å²) in [7, 11) is 0. The fraction of sp³-hybridized carbons (Fsp3) is 0.600. The van der Waals surface area contributed by atoms with Crippen LogP contribution < -0.4 is 27.0 Å². The summed E-state index contributed by atoms with van der Waals surface area (Å²) in [5.41, 5.74) is 7.01. The summed E-state index contributed by atoms with van der Waals surface area (Å²) in [5.74, 6) is -3.46. The van der Waals surface area contributed by atoms with Crippen molar-refractivity contribution in [3.8, 4) is 0 Å². The second-order valence-electron chi connectivity index (χ2n) is 13.5. The van der Waals surface area contributed by atoms with Gasteiger partial charge in [-0.25, -0.2) is 4.98 Å². The monoisotopic (exact) mass is 669 g/mol. The van der Waals surface area contributed by atoms with E-state index in [-0.39, 0.29) is 37.0 Å². The summed E-state index contributed by atoms with van der Waals surface area (Å²) in [6.45, 7) is 12.7. The average molecular weight is 670 g/mol. The second-order valence-corrected chi connectivity index (χ2v) is 13.5. The molecule has 1 aromatic carbocycles. The van der Waals surface area contributed by atoms with Gasteiger partial charge in [0.2, 0.25) is 29.5 Å². The van der Waals surface area contributed by atoms with Gasteiger partial charge in [-0.2, -0.15) is 0 Å². The Morgan fingerprint density at radius 2 is 1.48 bits per heavy atom. The van der Waals surface area contributed by atoms with Crippen molar-refractivity contribution in [2.75, 3.05) is 0 Å². The van der Waals surface area contributed by atoms with E-state index in [0.717, 1.165) is 5.56 Å². The molecule has 5 amide bonds. The van der Waals surface area contributed by atoms with Crippen molar-refractivity contribution in [2.45, 2.75) is 111 Å². The topological polar surface area (TPSA) is 208 Å². The predicted octanol–water partition coefficient (Wildman–Crippen LogP) is 1.75. The fourth-order valence-electron chi connectivity index (χ4n) is 5.60. The van der Waals surface area contributed by atoms with Gasteiger partial charge in [-0.1, -0.05) is 78.3 Å². The zero-order valence-electron chi connectivity index (χ0n) is 29.3. The van der Waals surface area contributed by atoms with Crippen LogP contribution in [-0.2, 0) is 36.8 Å². The third kappa shape index (κ3) is 13.1. The molecule has 0 spiro atoms. The van der Waals surface area contributed by atoms with Crippen LogP contribution in [0.15, 0.2) is 42.9 Å². The number of aromatic nitrogens is 2. The minimum Gasteiger partial charge on any atom is -0.391 e. The minimum atomic E-state index is -1.13. The number of rotatable bonds is 20. The van der Waals surface area contributed by atoms with E-state index in [4.69, 9.17) is 5.73 Å². The van der Waals surface area contributed by atoms with Crippen molar-refractivity contribution in [1.82, 2.24) is 31.2 Å². The van der Waals surface area contributed by atoms with Gasteiger partial charge in [0.25, 0.3) is 0 Å². The lowest BCUT2D eigenvalue weighted by atomic mass is 9.85. The quantitative estimate of drug-likeness (QED) is 0.111. The van der Waals surface area contributed by atoms with E-state index >= 15 is 0 Å². The van der Waals surface area contributed by atoms with Crippen molar-refractivity contribution < 1.29 is 29.1 Å². The van der Waals surface area contributed by atoms with Crippen LogP contribution in [0.2, 0.25) is 0 Å². The Bertz CT molecular complexity index is 1320. The Balaban J connectivity index is 2.30. The van der Waals surface area contributed by atoms with Crippen LogP contribution >= 0.6 is 0 Å². The largest absolute Gasteiger partial charge is 0.391 e. The maximum atomic E-state index is 13.9. The average Bonchev–Trinajstić information content (AvgIpc) is 3.53. The first-order valence-electron chi connectivity index (χ1n) is 16.8. The number of nitrogens with two attached hydrogens (primary N) is 1. The number of nitrogens with one attached hydrogen (secondary N) is 5. The fourth-order valence-corrected chi connectivity index (χ4v) is 5.60. The lowest BCUT2D eigenvalue weighted by molar-refractivity contribution is -0.133. The molecule has 0 aliphatic carbocycles. The molecular formula is C35H55N7O6. The molecule has 7 atom stereocenters. The number of H-pyrrole nitrogens is 1. The number of aromatic amines is 1. The van der Waals surface area contributed by atoms with Crippen molar-refractivity contribution in [2.24, 2.45) is 29.4 Å². The van der Waals surface area contributed by atoms with Gasteiger partial charge < -0.3 is 37.1 Å². The first-order chi connectivity index (χ1) is 22.6. The van der Waals surface area contributed by atoms with Gasteiger partial charge in [0.05, 0.1) is 18.5 Å². The lowest BCUT2D eigenvalue weighted by Crippen LogP contribution is -2.57. The Labute approximate surface area is 284 Å². The molecule has 0 saturated carbocycles. The number of imidazole rings is 1. The van der Waals surface area contributed by atoms with Crippen molar-refractivity contribution in [1.29, 1.82) is 0 Å². The van der Waals surface area contributed by atoms with Crippen molar-refractivity contribution in [3.63, 3.8) is 0 Å². The Hall–Kier alpha value is -4.26. The molecule has 1 aromatic heterocycles. The molecule has 266 valence electrons. The minimum absolute atomic E-state index is 0.0202. The van der Waals surface area contributed by atoms with Gasteiger partial charge in [0, 0.05) is 37.6 Å². The molecule has 0 bridgehead atoms. The third-order valence-corrected chi connectivity index (χ3v) is 8.56. The molecule has 0 fully saturated rings.